The minimum Gasteiger partial charge on any atom is -0.496 e. The van der Waals surface area contributed by atoms with Crippen LogP contribution in [0, 0.1) is 13.8 Å². The summed E-state index contributed by atoms with van der Waals surface area (Å²) < 4.78 is 32.8. The predicted molar refractivity (Wildman–Crippen MR) is 295 cm³/mol. The van der Waals surface area contributed by atoms with Gasteiger partial charge in [0.15, 0.2) is 0 Å². The summed E-state index contributed by atoms with van der Waals surface area (Å²) in [7, 11) is 3.21. The van der Waals surface area contributed by atoms with Crippen molar-refractivity contribution in [1.82, 2.24) is 0 Å². The molecule has 0 atom stereocenters. The Balaban J connectivity index is 0.000000183. The average molecular weight is 1070 g/mol. The van der Waals surface area contributed by atoms with Gasteiger partial charge in [0, 0.05) is 36.7 Å². The predicted octanol–water partition coefficient (Wildman–Crippen LogP) is 17.2. The number of rotatable bonds is 8. The van der Waals surface area contributed by atoms with Gasteiger partial charge in [-0.2, -0.15) is 11.3 Å². The summed E-state index contributed by atoms with van der Waals surface area (Å²) >= 11 is 12.3. The lowest BCUT2D eigenvalue weighted by Crippen LogP contribution is -2.41. The van der Waals surface area contributed by atoms with Crippen molar-refractivity contribution in [3.63, 3.8) is 0 Å². The Bertz CT molecular complexity index is 2800. The van der Waals surface area contributed by atoms with Crippen molar-refractivity contribution < 1.29 is 23.5 Å². The number of methoxy groups -OCH3 is 2. The minimum atomic E-state index is -0.355. The third-order valence-electron chi connectivity index (χ3n) is 12.6. The lowest BCUT2D eigenvalue weighted by Gasteiger charge is -2.32. The van der Waals surface area contributed by atoms with Crippen molar-refractivity contribution in [2.24, 2.45) is 0 Å². The van der Waals surface area contributed by atoms with E-state index in [0.29, 0.717) is 6.61 Å². The summed E-state index contributed by atoms with van der Waals surface area (Å²) in [5, 5.41) is 11.3. The molecule has 7 aromatic rings. The Labute approximate surface area is 424 Å². The summed E-state index contributed by atoms with van der Waals surface area (Å²) in [6, 6.07) is 24.1. The molecule has 1 saturated heterocycles. The Hall–Kier alpha value is -3.00. The topological polar surface area (TPSA) is 46.2 Å². The highest BCUT2D eigenvalue weighted by Crippen LogP contribution is 2.46. The molecule has 0 N–H and O–H groups in total. The summed E-state index contributed by atoms with van der Waals surface area (Å²) in [4.78, 5) is 2.58. The second kappa shape index (κ2) is 20.2. The Morgan fingerprint density at radius 3 is 1.59 bits per heavy atom. The van der Waals surface area contributed by atoms with Crippen LogP contribution in [0.1, 0.15) is 118 Å². The van der Waals surface area contributed by atoms with Gasteiger partial charge in [0.25, 0.3) is 0 Å². The summed E-state index contributed by atoms with van der Waals surface area (Å²) in [5.74, 6) is 1.76. The van der Waals surface area contributed by atoms with Crippen molar-refractivity contribution in [2.75, 3.05) is 20.8 Å². The van der Waals surface area contributed by atoms with Crippen molar-refractivity contribution >= 4 is 99.3 Å². The molecule has 0 saturated carbocycles. The Kier molecular flexibility index (Phi) is 16.0. The van der Waals surface area contributed by atoms with Gasteiger partial charge in [-0.1, -0.05) is 69.6 Å². The van der Waals surface area contributed by atoms with Crippen LogP contribution in [0.25, 0.3) is 42.4 Å². The van der Waals surface area contributed by atoms with Gasteiger partial charge in [0.05, 0.1) is 35.5 Å². The van der Waals surface area contributed by atoms with E-state index in [2.05, 4.69) is 206 Å². The molecule has 1 aliphatic rings. The highest BCUT2D eigenvalue weighted by atomic mass is 79.9. The van der Waals surface area contributed by atoms with Gasteiger partial charge in [-0.05, 0) is 209 Å². The first-order valence-corrected chi connectivity index (χ1v) is 26.8. The molecule has 1 fully saturated rings. The fourth-order valence-corrected chi connectivity index (χ4v) is 12.4. The molecule has 11 heteroatoms. The van der Waals surface area contributed by atoms with Gasteiger partial charge in [0.2, 0.25) is 0 Å². The van der Waals surface area contributed by atoms with E-state index in [4.69, 9.17) is 23.5 Å². The highest BCUT2D eigenvalue weighted by molar-refractivity contribution is 9.10. The maximum atomic E-state index is 6.13. The first kappa shape index (κ1) is 52.4. The quantitative estimate of drug-likeness (QED) is 0.142. The van der Waals surface area contributed by atoms with Crippen molar-refractivity contribution in [2.45, 2.75) is 131 Å². The third-order valence-corrected chi connectivity index (χ3v) is 17.0. The van der Waals surface area contributed by atoms with E-state index < -0.39 is 0 Å². The fraction of sp³-hybridized carbons (Fsp3) is 0.418. The van der Waals surface area contributed by atoms with E-state index in [0.717, 1.165) is 26.0 Å². The molecule has 0 radical (unpaired) electrons. The molecule has 66 heavy (non-hydrogen) atoms. The van der Waals surface area contributed by atoms with Gasteiger partial charge in [0.1, 0.15) is 11.5 Å². The van der Waals surface area contributed by atoms with Crippen LogP contribution in [-0.4, -0.2) is 39.1 Å². The van der Waals surface area contributed by atoms with Gasteiger partial charge in [-0.25, -0.2) is 0 Å². The molecule has 8 rings (SSSR count). The third kappa shape index (κ3) is 11.2. The fourth-order valence-electron chi connectivity index (χ4n) is 8.19. The first-order valence-electron chi connectivity index (χ1n) is 22.5. The molecular weight excluding hydrogens is 1010 g/mol. The van der Waals surface area contributed by atoms with E-state index in [1.165, 1.54) is 69.5 Å². The smallest absolute Gasteiger partial charge is 0.496 e. The molecule has 0 amide bonds. The van der Waals surface area contributed by atoms with E-state index in [9.17, 15) is 0 Å². The molecule has 0 bridgehead atoms. The van der Waals surface area contributed by atoms with Crippen LogP contribution < -0.4 is 14.3 Å². The average Bonchev–Trinajstić information content (AvgIpc) is 4.05. The van der Waals surface area contributed by atoms with Crippen LogP contribution in [0.2, 0.25) is 0 Å². The van der Waals surface area contributed by atoms with E-state index >= 15 is 0 Å². The number of thiophene rings is 3. The number of aryl methyl sites for hydroxylation is 2. The van der Waals surface area contributed by atoms with E-state index in [-0.39, 0.29) is 34.8 Å². The molecule has 0 aliphatic carbocycles. The lowest BCUT2D eigenvalue weighted by atomic mass is 9.76. The summed E-state index contributed by atoms with van der Waals surface area (Å²) in [6.45, 7) is 33.2. The molecule has 352 valence electrons. The zero-order chi connectivity index (χ0) is 48.7. The number of halogens is 2. The number of ether oxygens (including phenoxy) is 3. The SMILES string of the molecule is CC(C)(C)c1ccsc1B1OC(C)(C)C(C)(C)O1.CCOC(C)(C)c1ccsc1-c1cc2cc(C)c(-c3sccc3C(C)(C)C)cc2cc1OC.COc1cc2cc(Br)c(C)cc2cc1Br. The second-order valence-electron chi connectivity index (χ2n) is 20.6. The molecule has 4 aromatic carbocycles. The normalized spacial score (nSPS) is 14.8. The van der Waals surface area contributed by atoms with E-state index in [1.54, 1.807) is 36.9 Å². The van der Waals surface area contributed by atoms with Gasteiger partial charge in [-0.15, -0.1) is 22.7 Å². The molecule has 0 unspecified atom stereocenters. The summed E-state index contributed by atoms with van der Waals surface area (Å²) in [6.07, 6.45) is 0. The van der Waals surface area contributed by atoms with Crippen LogP contribution >= 0.6 is 65.9 Å². The Morgan fingerprint density at radius 2 is 1.02 bits per heavy atom. The highest BCUT2D eigenvalue weighted by Gasteiger charge is 2.53. The molecule has 3 aromatic heterocycles. The number of fused-ring (bicyclic) bond motifs is 2. The molecule has 0 spiro atoms. The number of benzene rings is 4. The molecule has 4 heterocycles. The zero-order valence-corrected chi connectivity index (χ0v) is 47.5. The van der Waals surface area contributed by atoms with Crippen LogP contribution in [-0.2, 0) is 30.5 Å². The maximum absolute atomic E-state index is 6.13. The standard InChI is InChI=1S/C29H34O2S2.C14H23BO2S.C12H10Br2O/c1-9-31-29(6,7)24-11-13-33-27(24)22-16-19-14-18(2)21(15-20(19)17-25(22)30-8)26-23(10-12-32-26)28(3,4)5;1-12(2,3)10-8-9-18-11(10)15-16-13(4,5)14(6,7)17-15;1-7-3-8-5-11(14)12(15-2)6-9(8)4-10(7)13/h10-17H,9H2,1-8H3;8-9H,1-7H3;3-6H,1-2H3. The van der Waals surface area contributed by atoms with Crippen molar-refractivity contribution in [1.29, 1.82) is 0 Å². The zero-order valence-electron chi connectivity index (χ0n) is 41.9. The second-order valence-corrected chi connectivity index (χ2v) is 25.0. The largest absolute Gasteiger partial charge is 0.505 e. The monoisotopic (exact) mass is 1070 g/mol. The maximum Gasteiger partial charge on any atom is 0.505 e. The molecule has 5 nitrogen and oxygen atoms in total. The van der Waals surface area contributed by atoms with Crippen molar-refractivity contribution in [3.8, 4) is 32.4 Å². The summed E-state index contributed by atoms with van der Waals surface area (Å²) in [5.41, 5.74) is 8.25. The van der Waals surface area contributed by atoms with Crippen LogP contribution in [0.3, 0.4) is 0 Å². The van der Waals surface area contributed by atoms with Crippen LogP contribution in [0.15, 0.2) is 91.8 Å². The Morgan fingerprint density at radius 1 is 0.561 bits per heavy atom. The van der Waals surface area contributed by atoms with Gasteiger partial charge >= 0.3 is 7.12 Å². The van der Waals surface area contributed by atoms with Crippen LogP contribution in [0.5, 0.6) is 11.5 Å². The van der Waals surface area contributed by atoms with E-state index in [1.807, 2.05) is 24.3 Å². The first-order chi connectivity index (χ1) is 30.7. The van der Waals surface area contributed by atoms with Gasteiger partial charge in [-0.3, -0.25) is 0 Å². The van der Waals surface area contributed by atoms with Crippen LogP contribution in [0.4, 0.5) is 0 Å². The number of hydrogen-bond donors (Lipinski definition) is 0. The lowest BCUT2D eigenvalue weighted by molar-refractivity contribution is -0.0133. The molecule has 1 aliphatic heterocycles. The minimum absolute atomic E-state index is 0.112. The van der Waals surface area contributed by atoms with Crippen molar-refractivity contribution in [3.05, 3.63) is 120 Å². The van der Waals surface area contributed by atoms with Gasteiger partial charge < -0.3 is 23.5 Å². The molecular formula is C55H67BBr2O5S3. The number of hydrogen-bond acceptors (Lipinski definition) is 8.